The molecule has 0 fully saturated rings. The third-order valence-electron chi connectivity index (χ3n) is 4.09. The van der Waals surface area contributed by atoms with Gasteiger partial charge in [0.2, 0.25) is 5.91 Å². The molecule has 0 bridgehead atoms. The molecule has 3 aromatic rings. The molecule has 6 nitrogen and oxygen atoms in total. The van der Waals surface area contributed by atoms with Crippen molar-refractivity contribution in [2.75, 3.05) is 6.54 Å². The molecule has 0 radical (unpaired) electrons. The summed E-state index contributed by atoms with van der Waals surface area (Å²) in [4.78, 5) is 29.4. The Morgan fingerprint density at radius 2 is 1.68 bits per heavy atom. The first-order valence-corrected chi connectivity index (χ1v) is 8.85. The lowest BCUT2D eigenvalue weighted by Crippen LogP contribution is -2.38. The molecular weight excluding hydrogens is 354 g/mol. The van der Waals surface area contributed by atoms with Crippen molar-refractivity contribution in [1.82, 2.24) is 9.88 Å². The van der Waals surface area contributed by atoms with Crippen LogP contribution in [0.25, 0.3) is 0 Å². The molecule has 0 spiro atoms. The number of nitrogens with zero attached hydrogens (tertiary/aromatic N) is 2. The van der Waals surface area contributed by atoms with E-state index in [2.05, 4.69) is 4.98 Å². The van der Waals surface area contributed by atoms with Crippen LogP contribution in [0, 0.1) is 0 Å². The van der Waals surface area contributed by atoms with Crippen LogP contribution in [0.2, 0.25) is 0 Å². The fourth-order valence-corrected chi connectivity index (χ4v) is 2.71. The number of ether oxygens (including phenoxy) is 1. The average molecular weight is 375 g/mol. The fraction of sp³-hybridized carbons (Fsp3) is 0.136. The number of carbonyl (C=O) groups is 2. The summed E-state index contributed by atoms with van der Waals surface area (Å²) in [5, 5.41) is 0. The number of hydrogen-bond acceptors (Lipinski definition) is 4. The topological polar surface area (TPSA) is 85.5 Å². The first kappa shape index (κ1) is 19.1. The molecule has 2 N–H and O–H groups in total. The molecule has 0 saturated carbocycles. The molecule has 0 aliphatic rings. The van der Waals surface area contributed by atoms with Gasteiger partial charge in [-0.05, 0) is 35.4 Å². The summed E-state index contributed by atoms with van der Waals surface area (Å²) < 4.78 is 5.77. The Hall–Kier alpha value is -3.67. The maximum absolute atomic E-state index is 12.7. The molecule has 0 atom stereocenters. The fourth-order valence-electron chi connectivity index (χ4n) is 2.71. The first-order chi connectivity index (χ1) is 13.6. The Balaban J connectivity index is 1.65. The zero-order chi connectivity index (χ0) is 19.8. The van der Waals surface area contributed by atoms with E-state index < -0.39 is 5.91 Å². The highest BCUT2D eigenvalue weighted by Crippen LogP contribution is 2.16. The molecule has 1 heterocycles. The van der Waals surface area contributed by atoms with Gasteiger partial charge in [-0.2, -0.15) is 0 Å². The normalized spacial score (nSPS) is 10.3. The number of hydrogen-bond donors (Lipinski definition) is 1. The Morgan fingerprint density at radius 3 is 2.32 bits per heavy atom. The third kappa shape index (κ3) is 5.41. The zero-order valence-electron chi connectivity index (χ0n) is 15.3. The number of amides is 2. The van der Waals surface area contributed by atoms with E-state index in [0.717, 1.165) is 16.9 Å². The number of aromatic nitrogens is 1. The molecule has 0 saturated heterocycles. The molecule has 142 valence electrons. The van der Waals surface area contributed by atoms with Gasteiger partial charge in [0.25, 0.3) is 5.91 Å². The van der Waals surface area contributed by atoms with Gasteiger partial charge in [0, 0.05) is 18.9 Å². The Kier molecular flexibility index (Phi) is 6.36. The minimum atomic E-state index is -0.569. The summed E-state index contributed by atoms with van der Waals surface area (Å²) in [6, 6.07) is 20.6. The minimum absolute atomic E-state index is 0.167. The monoisotopic (exact) mass is 375 g/mol. The van der Waals surface area contributed by atoms with Crippen LogP contribution in [0.15, 0.2) is 79.1 Å². The summed E-state index contributed by atoms with van der Waals surface area (Å²) in [5.41, 5.74) is 7.67. The number of primary amides is 1. The summed E-state index contributed by atoms with van der Waals surface area (Å²) in [5.74, 6) is -0.135. The van der Waals surface area contributed by atoms with E-state index in [-0.39, 0.29) is 19.0 Å². The average Bonchev–Trinajstić information content (AvgIpc) is 2.73. The smallest absolute Gasteiger partial charge is 0.256 e. The van der Waals surface area contributed by atoms with Gasteiger partial charge in [-0.15, -0.1) is 0 Å². The van der Waals surface area contributed by atoms with E-state index in [4.69, 9.17) is 10.5 Å². The lowest BCUT2D eigenvalue weighted by molar-refractivity contribution is -0.118. The lowest BCUT2D eigenvalue weighted by atomic mass is 10.1. The third-order valence-corrected chi connectivity index (χ3v) is 4.09. The molecule has 3 rings (SSSR count). The van der Waals surface area contributed by atoms with Crippen molar-refractivity contribution >= 4 is 11.8 Å². The largest absolute Gasteiger partial charge is 0.489 e. The second kappa shape index (κ2) is 9.32. The maximum atomic E-state index is 12.7. The van der Waals surface area contributed by atoms with Gasteiger partial charge in [-0.25, -0.2) is 0 Å². The minimum Gasteiger partial charge on any atom is -0.489 e. The molecular formula is C22H21N3O3. The van der Waals surface area contributed by atoms with Gasteiger partial charge in [0.15, 0.2) is 0 Å². The van der Waals surface area contributed by atoms with Crippen molar-refractivity contribution in [3.05, 3.63) is 95.8 Å². The summed E-state index contributed by atoms with van der Waals surface area (Å²) in [6.07, 6.45) is 3.06. The zero-order valence-corrected chi connectivity index (χ0v) is 15.3. The van der Waals surface area contributed by atoms with Crippen molar-refractivity contribution in [3.8, 4) is 5.75 Å². The summed E-state index contributed by atoms with van der Waals surface area (Å²) >= 11 is 0. The van der Waals surface area contributed by atoms with Crippen molar-refractivity contribution in [3.63, 3.8) is 0 Å². The first-order valence-electron chi connectivity index (χ1n) is 8.85. The molecule has 2 aromatic carbocycles. The van der Waals surface area contributed by atoms with E-state index in [1.165, 1.54) is 11.1 Å². The Morgan fingerprint density at radius 1 is 0.929 bits per heavy atom. The molecule has 28 heavy (non-hydrogen) atoms. The number of carbonyl (C=O) groups excluding carboxylic acids is 2. The SMILES string of the molecule is NC(=O)CN(Cc1ccc(OCc2ccccc2)cc1)C(=O)c1cccnc1. The predicted octanol–water partition coefficient (Wildman–Crippen LogP) is 2.79. The van der Waals surface area contributed by atoms with E-state index in [9.17, 15) is 9.59 Å². The lowest BCUT2D eigenvalue weighted by Gasteiger charge is -2.21. The van der Waals surface area contributed by atoms with Crippen molar-refractivity contribution in [2.24, 2.45) is 5.73 Å². The highest BCUT2D eigenvalue weighted by molar-refractivity contribution is 5.96. The van der Waals surface area contributed by atoms with Crippen molar-refractivity contribution in [2.45, 2.75) is 13.2 Å². The number of rotatable bonds is 8. The van der Waals surface area contributed by atoms with Crippen LogP contribution in [-0.4, -0.2) is 28.2 Å². The molecule has 0 unspecified atom stereocenters. The summed E-state index contributed by atoms with van der Waals surface area (Å²) in [7, 11) is 0. The number of pyridine rings is 1. The molecule has 0 aliphatic heterocycles. The van der Waals surface area contributed by atoms with Gasteiger partial charge >= 0.3 is 0 Å². The molecule has 2 amide bonds. The summed E-state index contributed by atoms with van der Waals surface area (Å²) in [6.45, 7) is 0.573. The van der Waals surface area contributed by atoms with Gasteiger partial charge in [-0.3, -0.25) is 14.6 Å². The molecule has 1 aromatic heterocycles. The predicted molar refractivity (Wildman–Crippen MR) is 105 cm³/mol. The standard InChI is InChI=1S/C22H21N3O3/c23-21(26)15-25(22(27)19-7-4-12-24-13-19)14-17-8-10-20(11-9-17)28-16-18-5-2-1-3-6-18/h1-13H,14-16H2,(H2,23,26). The van der Waals surface area contributed by atoms with Gasteiger partial charge < -0.3 is 15.4 Å². The number of nitrogens with two attached hydrogens (primary N) is 1. The highest BCUT2D eigenvalue weighted by atomic mass is 16.5. The van der Waals surface area contributed by atoms with Crippen LogP contribution in [-0.2, 0) is 17.9 Å². The van der Waals surface area contributed by atoms with Crippen LogP contribution in [0.4, 0.5) is 0 Å². The quantitative estimate of drug-likeness (QED) is 0.656. The van der Waals surface area contributed by atoms with Crippen LogP contribution in [0.5, 0.6) is 5.75 Å². The second-order valence-electron chi connectivity index (χ2n) is 6.29. The van der Waals surface area contributed by atoms with Gasteiger partial charge in [0.1, 0.15) is 12.4 Å². The van der Waals surface area contributed by atoms with E-state index in [1.54, 1.807) is 18.3 Å². The number of benzene rings is 2. The second-order valence-corrected chi connectivity index (χ2v) is 6.29. The van der Waals surface area contributed by atoms with E-state index >= 15 is 0 Å². The van der Waals surface area contributed by atoms with Crippen LogP contribution in [0.3, 0.4) is 0 Å². The van der Waals surface area contributed by atoms with Crippen LogP contribution in [0.1, 0.15) is 21.5 Å². The van der Waals surface area contributed by atoms with Crippen LogP contribution >= 0.6 is 0 Å². The Bertz CT molecular complexity index is 913. The van der Waals surface area contributed by atoms with Gasteiger partial charge in [0.05, 0.1) is 12.1 Å². The van der Waals surface area contributed by atoms with Crippen LogP contribution < -0.4 is 10.5 Å². The maximum Gasteiger partial charge on any atom is 0.256 e. The Labute approximate surface area is 163 Å². The van der Waals surface area contributed by atoms with Crippen molar-refractivity contribution in [1.29, 1.82) is 0 Å². The van der Waals surface area contributed by atoms with Gasteiger partial charge in [-0.1, -0.05) is 42.5 Å². The molecule has 0 aliphatic carbocycles. The van der Waals surface area contributed by atoms with Crippen molar-refractivity contribution < 1.29 is 14.3 Å². The molecule has 6 heteroatoms. The van der Waals surface area contributed by atoms with E-state index in [1.807, 2.05) is 54.6 Å². The van der Waals surface area contributed by atoms with E-state index in [0.29, 0.717) is 12.2 Å². The highest BCUT2D eigenvalue weighted by Gasteiger charge is 2.18.